The Morgan fingerprint density at radius 3 is 0.802 bits per heavy atom. The number of benzene rings is 6. The summed E-state index contributed by atoms with van der Waals surface area (Å²) in [4.78, 5) is 0. The third-order valence-electron chi connectivity index (χ3n) is 15.8. The molecule has 0 aliphatic rings. The zero-order chi connectivity index (χ0) is 59.1. The molecule has 426 valence electrons. The van der Waals surface area contributed by atoms with Gasteiger partial charge in [-0.25, -0.2) is 18.3 Å². The summed E-state index contributed by atoms with van der Waals surface area (Å²) in [6.07, 6.45) is 28.0. The van der Waals surface area contributed by atoms with Crippen LogP contribution in [0.15, 0.2) is 317 Å². The van der Waals surface area contributed by atoms with Crippen LogP contribution >= 0.6 is 0 Å². The van der Waals surface area contributed by atoms with Crippen LogP contribution < -0.4 is 36.9 Å². The second-order valence-electron chi connectivity index (χ2n) is 21.6. The molecule has 6 aromatic heterocycles. The molecular formula is C78H78N6O2+6. The summed E-state index contributed by atoms with van der Waals surface area (Å²) in [5.74, 6) is 1.76. The van der Waals surface area contributed by atoms with Gasteiger partial charge < -0.3 is 9.47 Å². The minimum atomic E-state index is 0.319. The van der Waals surface area contributed by atoms with Gasteiger partial charge in [0.2, 0.25) is 0 Å². The van der Waals surface area contributed by atoms with Crippen molar-refractivity contribution in [3.8, 4) is 44.9 Å². The Balaban J connectivity index is 0.000000143. The van der Waals surface area contributed by atoms with Crippen molar-refractivity contribution in [1.29, 1.82) is 0 Å². The molecule has 0 aliphatic carbocycles. The van der Waals surface area contributed by atoms with Crippen LogP contribution in [0.3, 0.4) is 0 Å². The van der Waals surface area contributed by atoms with E-state index in [1.807, 2.05) is 24.3 Å². The van der Waals surface area contributed by atoms with Crippen LogP contribution in [-0.2, 0) is 39.0 Å². The largest absolute Gasteiger partial charge is 0.497 e. The summed E-state index contributed by atoms with van der Waals surface area (Å²) < 4.78 is 23.8. The van der Waals surface area contributed by atoms with Gasteiger partial charge in [-0.15, -0.1) is 0 Å². The molecule has 6 aromatic carbocycles. The minimum Gasteiger partial charge on any atom is -0.497 e. The number of methoxy groups -OCH3 is 2. The maximum absolute atomic E-state index is 5.22. The lowest BCUT2D eigenvalue weighted by atomic mass is 10.1. The standard InChI is InChI=1S/C26H26N2O2.2C26H26N2/c1-29-25-7-3-21(4-8-25)19-27-15-11-23(12-16-27)24-13-17-28(18-14-24)20-22-5-9-26(30-2)10-6-22;1-21(23-9-5-3-6-10-23)27-17-13-25(14-18-27)26-15-19-28(20-16-26)22(2)24-11-7-4-8-12-24;1-3-7-23(8-4-1)11-17-27-19-13-25(14-20-27)26-15-21-28(22-16-26)18-12-24-9-5-2-6-10-24/h3-18H,19-20H2,1-2H3;3-22H,1-2H3;1-10,13-16,19-22H,11-12,17-18H2/q3*+2. The third kappa shape index (κ3) is 17.0. The van der Waals surface area contributed by atoms with Gasteiger partial charge >= 0.3 is 0 Å². The zero-order valence-electron chi connectivity index (χ0n) is 49.9. The Hall–Kier alpha value is -10.2. The summed E-state index contributed by atoms with van der Waals surface area (Å²) in [7, 11) is 3.37. The first-order valence-corrected chi connectivity index (χ1v) is 29.8. The molecule has 86 heavy (non-hydrogen) atoms. The van der Waals surface area contributed by atoms with Crippen LogP contribution in [0.25, 0.3) is 33.4 Å². The number of ether oxygens (including phenoxy) is 2. The number of aromatic nitrogens is 6. The van der Waals surface area contributed by atoms with Crippen molar-refractivity contribution >= 4 is 0 Å². The molecule has 0 bridgehead atoms. The second kappa shape index (κ2) is 30.4. The van der Waals surface area contributed by atoms with E-state index >= 15 is 0 Å². The van der Waals surface area contributed by atoms with Crippen molar-refractivity contribution in [3.05, 3.63) is 350 Å². The molecule has 0 saturated carbocycles. The Morgan fingerprint density at radius 1 is 0.267 bits per heavy atom. The van der Waals surface area contributed by atoms with Crippen molar-refractivity contribution in [2.45, 2.75) is 65.0 Å². The van der Waals surface area contributed by atoms with Crippen molar-refractivity contribution in [1.82, 2.24) is 0 Å². The lowest BCUT2D eigenvalue weighted by Gasteiger charge is -2.09. The maximum atomic E-state index is 5.22. The van der Waals surface area contributed by atoms with E-state index in [1.165, 1.54) is 66.8 Å². The summed E-state index contributed by atoms with van der Waals surface area (Å²) in [5.41, 5.74) is 15.3. The summed E-state index contributed by atoms with van der Waals surface area (Å²) >= 11 is 0. The van der Waals surface area contributed by atoms with Gasteiger partial charge in [-0.2, -0.15) is 9.13 Å². The third-order valence-corrected chi connectivity index (χ3v) is 15.8. The fourth-order valence-corrected chi connectivity index (χ4v) is 10.4. The lowest BCUT2D eigenvalue weighted by molar-refractivity contribution is -0.710. The molecule has 0 N–H and O–H groups in total. The molecule has 2 atom stereocenters. The van der Waals surface area contributed by atoms with Gasteiger partial charge in [0.15, 0.2) is 113 Å². The van der Waals surface area contributed by atoms with E-state index in [0.717, 1.165) is 50.5 Å². The minimum absolute atomic E-state index is 0.319. The van der Waals surface area contributed by atoms with Gasteiger partial charge in [0.1, 0.15) is 11.5 Å². The molecule has 0 aliphatic heterocycles. The van der Waals surface area contributed by atoms with Crippen molar-refractivity contribution < 1.29 is 36.9 Å². The van der Waals surface area contributed by atoms with Crippen LogP contribution in [0, 0.1) is 0 Å². The van der Waals surface area contributed by atoms with Gasteiger partial charge in [0.25, 0.3) is 0 Å². The summed E-state index contributed by atoms with van der Waals surface area (Å²) in [6.45, 7) is 8.12. The smallest absolute Gasteiger partial charge is 0.180 e. The topological polar surface area (TPSA) is 41.7 Å². The molecule has 0 radical (unpaired) electrons. The van der Waals surface area contributed by atoms with E-state index in [4.69, 9.17) is 9.47 Å². The van der Waals surface area contributed by atoms with Crippen molar-refractivity contribution in [2.24, 2.45) is 0 Å². The number of nitrogens with zero attached hydrogens (tertiary/aromatic N) is 6. The van der Waals surface area contributed by atoms with Crippen LogP contribution in [0.4, 0.5) is 0 Å². The summed E-state index contributed by atoms with van der Waals surface area (Å²) in [6, 6.07) is 85.7. The van der Waals surface area contributed by atoms with Crippen LogP contribution in [0.5, 0.6) is 11.5 Å². The van der Waals surface area contributed by atoms with Gasteiger partial charge in [-0.05, 0) is 93.0 Å². The Labute approximate surface area is 508 Å². The first kappa shape index (κ1) is 59.0. The number of rotatable bonds is 19. The van der Waals surface area contributed by atoms with E-state index < -0.39 is 0 Å². The average Bonchev–Trinajstić information content (AvgIpc) is 3.56. The number of aryl methyl sites for hydroxylation is 4. The highest BCUT2D eigenvalue weighted by Gasteiger charge is 2.18. The highest BCUT2D eigenvalue weighted by molar-refractivity contribution is 5.62. The van der Waals surface area contributed by atoms with Crippen molar-refractivity contribution in [2.75, 3.05) is 14.2 Å². The Bertz CT molecular complexity index is 3630. The predicted octanol–water partition coefficient (Wildman–Crippen LogP) is 13.6. The molecule has 0 spiro atoms. The molecule has 0 saturated heterocycles. The van der Waals surface area contributed by atoms with Gasteiger partial charge in [-0.1, -0.05) is 121 Å². The molecule has 0 fully saturated rings. The van der Waals surface area contributed by atoms with Gasteiger partial charge in [0.05, 0.1) is 14.2 Å². The fourth-order valence-electron chi connectivity index (χ4n) is 10.4. The molecule has 8 nitrogen and oxygen atoms in total. The predicted molar refractivity (Wildman–Crippen MR) is 342 cm³/mol. The maximum Gasteiger partial charge on any atom is 0.180 e. The van der Waals surface area contributed by atoms with Gasteiger partial charge in [0, 0.05) is 122 Å². The fraction of sp³-hybridized carbons (Fsp3) is 0.154. The first-order valence-electron chi connectivity index (χ1n) is 29.8. The zero-order valence-corrected chi connectivity index (χ0v) is 49.9. The summed E-state index contributed by atoms with van der Waals surface area (Å²) in [5, 5.41) is 0. The lowest BCUT2D eigenvalue weighted by Crippen LogP contribution is -2.37. The highest BCUT2D eigenvalue weighted by atomic mass is 16.5. The average molecular weight is 1130 g/mol. The van der Waals surface area contributed by atoms with Crippen LogP contribution in [0.2, 0.25) is 0 Å². The van der Waals surface area contributed by atoms with E-state index in [2.05, 4.69) is 334 Å². The number of pyridine rings is 6. The van der Waals surface area contributed by atoms with E-state index in [1.54, 1.807) is 14.2 Å². The SMILES string of the molecule is CC(c1ccccc1)[n+]1ccc(-c2cc[n+](C(C)c3ccccc3)cc2)cc1.COc1ccc(C[n+]2ccc(-c3cc[n+](Cc4ccc(OC)cc4)cc3)cc2)cc1.c1ccc(CC[n+]2ccc(-c3cc[n+](CCc4ccccc4)cc3)cc2)cc1. The number of hydrogen-bond acceptors (Lipinski definition) is 2. The Morgan fingerprint density at radius 2 is 0.523 bits per heavy atom. The number of hydrogen-bond donors (Lipinski definition) is 0. The second-order valence-corrected chi connectivity index (χ2v) is 21.6. The highest BCUT2D eigenvalue weighted by Crippen LogP contribution is 2.21. The molecular weight excluding hydrogens is 1050 g/mol. The molecule has 12 rings (SSSR count). The van der Waals surface area contributed by atoms with E-state index in [-0.39, 0.29) is 0 Å². The quantitative estimate of drug-likeness (QED) is 0.0757. The molecule has 12 aromatic rings. The Kier molecular flexibility index (Phi) is 20.9. The van der Waals surface area contributed by atoms with Crippen LogP contribution in [-0.4, -0.2) is 14.2 Å². The van der Waals surface area contributed by atoms with E-state index in [9.17, 15) is 0 Å². The van der Waals surface area contributed by atoms with Crippen molar-refractivity contribution in [3.63, 3.8) is 0 Å². The normalized spacial score (nSPS) is 11.4. The van der Waals surface area contributed by atoms with Crippen LogP contribution in [0.1, 0.15) is 59.3 Å². The molecule has 0 amide bonds. The van der Waals surface area contributed by atoms with Gasteiger partial charge in [-0.3, -0.25) is 0 Å². The monoisotopic (exact) mass is 1130 g/mol. The molecule has 6 heterocycles. The first-order chi connectivity index (χ1) is 42.3. The molecule has 8 heteroatoms. The van der Waals surface area contributed by atoms with E-state index in [0.29, 0.717) is 12.1 Å². The molecule has 2 unspecified atom stereocenters.